The predicted octanol–water partition coefficient (Wildman–Crippen LogP) is 1.63. The number of nitrogens with one attached hydrogen (secondary N) is 1. The highest BCUT2D eigenvalue weighted by Gasteiger charge is 2.37. The van der Waals surface area contributed by atoms with Gasteiger partial charge in [-0.2, -0.15) is 0 Å². The minimum Gasteiger partial charge on any atom is -0.481 e. The number of carboxylic acid groups (broad SMARTS) is 1. The number of carbonyl (C=O) groups is 2. The average molecular weight is 290 g/mol. The summed E-state index contributed by atoms with van der Waals surface area (Å²) in [6, 6.07) is 10.2. The van der Waals surface area contributed by atoms with Crippen LogP contribution in [0.15, 0.2) is 30.3 Å². The molecule has 0 bridgehead atoms. The van der Waals surface area contributed by atoms with E-state index in [1.165, 1.54) is 12.5 Å². The number of hydrogen-bond acceptors (Lipinski definition) is 3. The number of carboxylic acids is 1. The fourth-order valence-electron chi connectivity index (χ4n) is 2.99. The van der Waals surface area contributed by atoms with E-state index in [0.717, 1.165) is 19.6 Å². The Morgan fingerprint density at radius 3 is 2.38 bits per heavy atom. The molecule has 21 heavy (non-hydrogen) atoms. The number of amides is 1. The van der Waals surface area contributed by atoms with Gasteiger partial charge in [0.2, 0.25) is 5.91 Å². The molecule has 5 nitrogen and oxygen atoms in total. The van der Waals surface area contributed by atoms with Gasteiger partial charge in [0.15, 0.2) is 0 Å². The van der Waals surface area contributed by atoms with Crippen molar-refractivity contribution in [1.29, 1.82) is 0 Å². The van der Waals surface area contributed by atoms with Gasteiger partial charge in [0.1, 0.15) is 0 Å². The SMILES string of the molecule is CC(=O)NC1(CC(=O)O)CCN(Cc2ccccc2)CC1. The molecule has 0 radical (unpaired) electrons. The number of benzene rings is 1. The normalized spacial score (nSPS) is 18.1. The van der Waals surface area contributed by atoms with E-state index < -0.39 is 11.5 Å². The molecule has 1 aliphatic rings. The third-order valence-electron chi connectivity index (χ3n) is 3.99. The summed E-state index contributed by atoms with van der Waals surface area (Å²) in [6.45, 7) is 3.90. The van der Waals surface area contributed by atoms with Crippen LogP contribution in [0.3, 0.4) is 0 Å². The Kier molecular flexibility index (Phi) is 4.96. The fraction of sp³-hybridized carbons (Fsp3) is 0.500. The number of rotatable bonds is 5. The van der Waals surface area contributed by atoms with Crippen molar-refractivity contribution in [3.8, 4) is 0 Å². The third kappa shape index (κ3) is 4.56. The summed E-state index contributed by atoms with van der Waals surface area (Å²) in [7, 11) is 0. The highest BCUT2D eigenvalue weighted by atomic mass is 16.4. The third-order valence-corrected chi connectivity index (χ3v) is 3.99. The molecular weight excluding hydrogens is 268 g/mol. The van der Waals surface area contributed by atoms with Crippen LogP contribution in [0.5, 0.6) is 0 Å². The topological polar surface area (TPSA) is 69.6 Å². The number of piperidine rings is 1. The second-order valence-corrected chi connectivity index (χ2v) is 5.79. The summed E-state index contributed by atoms with van der Waals surface area (Å²) in [5, 5.41) is 11.9. The molecule has 0 aliphatic carbocycles. The van der Waals surface area contributed by atoms with E-state index in [0.29, 0.717) is 12.8 Å². The molecule has 2 N–H and O–H groups in total. The molecular formula is C16H22N2O3. The van der Waals surface area contributed by atoms with Gasteiger partial charge < -0.3 is 10.4 Å². The summed E-state index contributed by atoms with van der Waals surface area (Å²) in [5.74, 6) is -1.02. The molecule has 0 aromatic heterocycles. The minimum atomic E-state index is -0.861. The zero-order valence-corrected chi connectivity index (χ0v) is 12.3. The molecule has 2 rings (SSSR count). The van der Waals surface area contributed by atoms with Crippen molar-refractivity contribution >= 4 is 11.9 Å². The Morgan fingerprint density at radius 1 is 1.24 bits per heavy atom. The summed E-state index contributed by atoms with van der Waals surface area (Å²) in [4.78, 5) is 24.7. The Morgan fingerprint density at radius 2 is 1.86 bits per heavy atom. The van der Waals surface area contributed by atoms with Gasteiger partial charge in [-0.25, -0.2) is 0 Å². The number of likely N-dealkylation sites (tertiary alicyclic amines) is 1. The monoisotopic (exact) mass is 290 g/mol. The Labute approximate surface area is 125 Å². The first-order chi connectivity index (χ1) is 9.99. The highest BCUT2D eigenvalue weighted by Crippen LogP contribution is 2.27. The largest absolute Gasteiger partial charge is 0.481 e. The molecule has 5 heteroatoms. The van der Waals surface area contributed by atoms with Crippen LogP contribution in [-0.4, -0.2) is 40.5 Å². The standard InChI is InChI=1S/C16H22N2O3/c1-13(19)17-16(11-15(20)21)7-9-18(10-8-16)12-14-5-3-2-4-6-14/h2-6H,7-12H2,1H3,(H,17,19)(H,20,21). The van der Waals surface area contributed by atoms with Crippen molar-refractivity contribution in [2.24, 2.45) is 0 Å². The van der Waals surface area contributed by atoms with Gasteiger partial charge >= 0.3 is 5.97 Å². The number of carbonyl (C=O) groups excluding carboxylic acids is 1. The van der Waals surface area contributed by atoms with Gasteiger partial charge in [-0.05, 0) is 18.4 Å². The zero-order valence-electron chi connectivity index (χ0n) is 12.3. The predicted molar refractivity (Wildman–Crippen MR) is 79.8 cm³/mol. The molecule has 1 heterocycles. The molecule has 1 fully saturated rings. The minimum absolute atomic E-state index is 0.00818. The van der Waals surface area contributed by atoms with E-state index in [-0.39, 0.29) is 12.3 Å². The lowest BCUT2D eigenvalue weighted by atomic mass is 9.84. The second-order valence-electron chi connectivity index (χ2n) is 5.79. The Bertz CT molecular complexity index is 476. The number of nitrogens with zero attached hydrogens (tertiary/aromatic N) is 1. The van der Waals surface area contributed by atoms with Crippen LogP contribution >= 0.6 is 0 Å². The maximum absolute atomic E-state index is 11.4. The van der Waals surface area contributed by atoms with Gasteiger partial charge in [0.25, 0.3) is 0 Å². The lowest BCUT2D eigenvalue weighted by molar-refractivity contribution is -0.139. The van der Waals surface area contributed by atoms with E-state index in [1.54, 1.807) is 0 Å². The first kappa shape index (κ1) is 15.5. The Hall–Kier alpha value is -1.88. The fourth-order valence-corrected chi connectivity index (χ4v) is 2.99. The van der Waals surface area contributed by atoms with Gasteiger partial charge in [-0.15, -0.1) is 0 Å². The van der Waals surface area contributed by atoms with E-state index in [9.17, 15) is 9.59 Å². The van der Waals surface area contributed by atoms with E-state index in [2.05, 4.69) is 22.3 Å². The molecule has 0 saturated carbocycles. The lowest BCUT2D eigenvalue weighted by Gasteiger charge is -2.41. The van der Waals surface area contributed by atoms with Crippen LogP contribution in [-0.2, 0) is 16.1 Å². The maximum Gasteiger partial charge on any atom is 0.305 e. The summed E-state index contributed by atoms with van der Waals surface area (Å²) in [5.41, 5.74) is 0.660. The van der Waals surface area contributed by atoms with Crippen LogP contribution in [0, 0.1) is 0 Å². The van der Waals surface area contributed by atoms with Crippen LogP contribution in [0.2, 0.25) is 0 Å². The molecule has 1 aromatic carbocycles. The van der Waals surface area contributed by atoms with Crippen molar-refractivity contribution in [2.45, 2.75) is 38.3 Å². The van der Waals surface area contributed by atoms with Crippen molar-refractivity contribution in [2.75, 3.05) is 13.1 Å². The molecule has 1 amide bonds. The van der Waals surface area contributed by atoms with Crippen LogP contribution in [0.1, 0.15) is 31.7 Å². The van der Waals surface area contributed by atoms with Crippen molar-refractivity contribution < 1.29 is 14.7 Å². The quantitative estimate of drug-likeness (QED) is 0.865. The van der Waals surface area contributed by atoms with Crippen LogP contribution in [0.4, 0.5) is 0 Å². The first-order valence-corrected chi connectivity index (χ1v) is 7.26. The van der Waals surface area contributed by atoms with Gasteiger partial charge in [-0.3, -0.25) is 14.5 Å². The van der Waals surface area contributed by atoms with E-state index >= 15 is 0 Å². The summed E-state index contributed by atoms with van der Waals surface area (Å²) in [6.07, 6.45) is 1.34. The van der Waals surface area contributed by atoms with Crippen molar-refractivity contribution in [3.63, 3.8) is 0 Å². The van der Waals surface area contributed by atoms with Gasteiger partial charge in [0.05, 0.1) is 12.0 Å². The molecule has 1 aromatic rings. The molecule has 0 unspecified atom stereocenters. The smallest absolute Gasteiger partial charge is 0.305 e. The summed E-state index contributed by atoms with van der Waals surface area (Å²) >= 11 is 0. The van der Waals surface area contributed by atoms with E-state index in [4.69, 9.17) is 5.11 Å². The first-order valence-electron chi connectivity index (χ1n) is 7.26. The lowest BCUT2D eigenvalue weighted by Crippen LogP contribution is -2.55. The van der Waals surface area contributed by atoms with Gasteiger partial charge in [0, 0.05) is 26.6 Å². The highest BCUT2D eigenvalue weighted by molar-refractivity contribution is 5.76. The van der Waals surface area contributed by atoms with Crippen molar-refractivity contribution in [1.82, 2.24) is 10.2 Å². The molecule has 0 spiro atoms. The van der Waals surface area contributed by atoms with Crippen molar-refractivity contribution in [3.05, 3.63) is 35.9 Å². The molecule has 1 aliphatic heterocycles. The number of aliphatic carboxylic acids is 1. The molecule has 1 saturated heterocycles. The van der Waals surface area contributed by atoms with E-state index in [1.807, 2.05) is 18.2 Å². The van der Waals surface area contributed by atoms with Crippen LogP contribution in [0.25, 0.3) is 0 Å². The Balaban J connectivity index is 1.95. The van der Waals surface area contributed by atoms with Crippen LogP contribution < -0.4 is 5.32 Å². The van der Waals surface area contributed by atoms with Gasteiger partial charge in [-0.1, -0.05) is 30.3 Å². The average Bonchev–Trinajstić information content (AvgIpc) is 2.41. The maximum atomic E-state index is 11.4. The summed E-state index contributed by atoms with van der Waals surface area (Å²) < 4.78 is 0. The molecule has 0 atom stereocenters. The molecule has 114 valence electrons. The number of hydrogen-bond donors (Lipinski definition) is 2. The zero-order chi connectivity index (χ0) is 15.3. The second kappa shape index (κ2) is 6.72.